The number of nitrogens with one attached hydrogen (secondary N) is 2. The second-order valence-corrected chi connectivity index (χ2v) is 5.52. The molecule has 0 saturated heterocycles. The molecule has 0 aliphatic rings. The predicted molar refractivity (Wildman–Crippen MR) is 70.5 cm³/mol. The van der Waals surface area contributed by atoms with Gasteiger partial charge in [-0.25, -0.2) is 4.79 Å². The molecular formula is C11H22N2O3S. The van der Waals surface area contributed by atoms with Gasteiger partial charge in [-0.2, -0.15) is 11.8 Å². The van der Waals surface area contributed by atoms with Crippen molar-refractivity contribution in [3.8, 4) is 0 Å². The maximum atomic E-state index is 11.7. The lowest BCUT2D eigenvalue weighted by molar-refractivity contribution is -0.138. The van der Waals surface area contributed by atoms with E-state index in [0.29, 0.717) is 0 Å². The van der Waals surface area contributed by atoms with Crippen LogP contribution in [0.15, 0.2) is 0 Å². The van der Waals surface area contributed by atoms with Crippen LogP contribution < -0.4 is 10.6 Å². The minimum Gasteiger partial charge on any atom is -0.481 e. The molecule has 3 N–H and O–H groups in total. The molecule has 0 radical (unpaired) electrons. The molecule has 6 heteroatoms. The first kappa shape index (κ1) is 16.1. The highest BCUT2D eigenvalue weighted by molar-refractivity contribution is 7.98. The topological polar surface area (TPSA) is 78.4 Å². The number of thioether (sulfide) groups is 1. The van der Waals surface area contributed by atoms with E-state index < -0.39 is 11.5 Å². The molecule has 0 spiro atoms. The molecule has 0 heterocycles. The standard InChI is InChI=1S/C11H22N2O3S/c1-5-8(7-17-4)12-10(16)13-11(2,3)6-9(14)15/h8H,5-7H2,1-4H3,(H,14,15)(H2,12,13,16). The smallest absolute Gasteiger partial charge is 0.315 e. The Bertz CT molecular complexity index is 269. The first-order valence-electron chi connectivity index (χ1n) is 5.60. The predicted octanol–water partition coefficient (Wildman–Crippen LogP) is 1.68. The van der Waals surface area contributed by atoms with E-state index in [-0.39, 0.29) is 18.5 Å². The maximum Gasteiger partial charge on any atom is 0.315 e. The van der Waals surface area contributed by atoms with Gasteiger partial charge in [0.15, 0.2) is 0 Å². The molecule has 0 aliphatic carbocycles. The molecule has 0 aromatic rings. The van der Waals surface area contributed by atoms with E-state index >= 15 is 0 Å². The largest absolute Gasteiger partial charge is 0.481 e. The van der Waals surface area contributed by atoms with Crippen LogP contribution in [-0.2, 0) is 4.79 Å². The van der Waals surface area contributed by atoms with Crippen LogP contribution in [0.5, 0.6) is 0 Å². The van der Waals surface area contributed by atoms with E-state index in [9.17, 15) is 9.59 Å². The molecule has 0 aliphatic heterocycles. The van der Waals surface area contributed by atoms with Crippen molar-refractivity contribution >= 4 is 23.8 Å². The molecule has 0 aromatic carbocycles. The van der Waals surface area contributed by atoms with Gasteiger partial charge in [0, 0.05) is 17.3 Å². The lowest BCUT2D eigenvalue weighted by Gasteiger charge is -2.26. The molecule has 0 rings (SSSR count). The van der Waals surface area contributed by atoms with Crippen molar-refractivity contribution in [3.05, 3.63) is 0 Å². The van der Waals surface area contributed by atoms with Gasteiger partial charge in [0.25, 0.3) is 0 Å². The highest BCUT2D eigenvalue weighted by Crippen LogP contribution is 2.08. The van der Waals surface area contributed by atoms with Crippen molar-refractivity contribution in [1.29, 1.82) is 0 Å². The molecule has 100 valence electrons. The van der Waals surface area contributed by atoms with Crippen molar-refractivity contribution in [3.63, 3.8) is 0 Å². The Morgan fingerprint density at radius 3 is 2.41 bits per heavy atom. The molecule has 0 aromatic heterocycles. The molecule has 0 fully saturated rings. The van der Waals surface area contributed by atoms with Gasteiger partial charge in [0.05, 0.1) is 6.42 Å². The fourth-order valence-corrected chi connectivity index (χ4v) is 2.14. The van der Waals surface area contributed by atoms with Crippen molar-refractivity contribution in [2.75, 3.05) is 12.0 Å². The van der Waals surface area contributed by atoms with E-state index in [1.165, 1.54) is 0 Å². The fourth-order valence-electron chi connectivity index (χ4n) is 1.41. The Morgan fingerprint density at radius 2 is 2.00 bits per heavy atom. The summed E-state index contributed by atoms with van der Waals surface area (Å²) in [4.78, 5) is 22.3. The van der Waals surface area contributed by atoms with Crippen LogP contribution >= 0.6 is 11.8 Å². The first-order chi connectivity index (χ1) is 7.80. The minimum absolute atomic E-state index is 0.0975. The van der Waals surface area contributed by atoms with Gasteiger partial charge in [-0.3, -0.25) is 4.79 Å². The summed E-state index contributed by atoms with van der Waals surface area (Å²) in [5.74, 6) is -0.0741. The number of rotatable bonds is 7. The molecule has 1 atom stereocenters. The normalized spacial score (nSPS) is 12.9. The van der Waals surface area contributed by atoms with E-state index in [1.807, 2.05) is 13.2 Å². The van der Waals surface area contributed by atoms with Crippen LogP contribution in [0.25, 0.3) is 0 Å². The lowest BCUT2D eigenvalue weighted by atomic mass is 10.0. The van der Waals surface area contributed by atoms with Gasteiger partial charge in [0.1, 0.15) is 0 Å². The van der Waals surface area contributed by atoms with Crippen molar-refractivity contribution in [2.24, 2.45) is 0 Å². The Morgan fingerprint density at radius 1 is 1.41 bits per heavy atom. The van der Waals surface area contributed by atoms with Gasteiger partial charge >= 0.3 is 12.0 Å². The highest BCUT2D eigenvalue weighted by atomic mass is 32.2. The van der Waals surface area contributed by atoms with Crippen LogP contribution in [-0.4, -0.2) is 40.7 Å². The Labute approximate surface area is 107 Å². The van der Waals surface area contributed by atoms with E-state index in [4.69, 9.17) is 5.11 Å². The average molecular weight is 262 g/mol. The van der Waals surface area contributed by atoms with Crippen molar-refractivity contribution in [1.82, 2.24) is 10.6 Å². The zero-order chi connectivity index (χ0) is 13.5. The third kappa shape index (κ3) is 7.90. The zero-order valence-corrected chi connectivity index (χ0v) is 11.7. The highest BCUT2D eigenvalue weighted by Gasteiger charge is 2.24. The summed E-state index contributed by atoms with van der Waals surface area (Å²) in [5, 5.41) is 14.2. The van der Waals surface area contributed by atoms with Crippen LogP contribution in [0, 0.1) is 0 Å². The van der Waals surface area contributed by atoms with Gasteiger partial charge in [-0.05, 0) is 26.5 Å². The van der Waals surface area contributed by atoms with Crippen LogP contribution in [0.3, 0.4) is 0 Å². The Balaban J connectivity index is 4.19. The monoisotopic (exact) mass is 262 g/mol. The number of urea groups is 1. The van der Waals surface area contributed by atoms with Gasteiger partial charge < -0.3 is 15.7 Å². The zero-order valence-electron chi connectivity index (χ0n) is 10.9. The van der Waals surface area contributed by atoms with E-state index in [1.54, 1.807) is 25.6 Å². The van der Waals surface area contributed by atoms with Crippen molar-refractivity contribution in [2.45, 2.75) is 45.2 Å². The maximum absolute atomic E-state index is 11.7. The van der Waals surface area contributed by atoms with E-state index in [0.717, 1.165) is 12.2 Å². The second-order valence-electron chi connectivity index (χ2n) is 4.61. The number of aliphatic carboxylic acids is 1. The van der Waals surface area contributed by atoms with Gasteiger partial charge in [0.2, 0.25) is 0 Å². The van der Waals surface area contributed by atoms with Crippen LogP contribution in [0.2, 0.25) is 0 Å². The number of carbonyl (C=O) groups is 2. The molecule has 0 bridgehead atoms. The summed E-state index contributed by atoms with van der Waals surface area (Å²) in [6.45, 7) is 5.38. The quantitative estimate of drug-likeness (QED) is 0.652. The number of amides is 2. The SMILES string of the molecule is CCC(CSC)NC(=O)NC(C)(C)CC(=O)O. The number of hydrogen-bond acceptors (Lipinski definition) is 3. The summed E-state index contributed by atoms with van der Waals surface area (Å²) in [6, 6.07) is -0.192. The summed E-state index contributed by atoms with van der Waals surface area (Å²) in [5.41, 5.74) is -0.742. The summed E-state index contributed by atoms with van der Waals surface area (Å²) < 4.78 is 0. The Kier molecular flexibility index (Phi) is 7.03. The molecular weight excluding hydrogens is 240 g/mol. The lowest BCUT2D eigenvalue weighted by Crippen LogP contribution is -2.52. The molecule has 2 amide bonds. The summed E-state index contributed by atoms with van der Waals surface area (Å²) in [7, 11) is 0. The summed E-state index contributed by atoms with van der Waals surface area (Å²) >= 11 is 1.67. The third-order valence-corrected chi connectivity index (χ3v) is 2.98. The number of carbonyl (C=O) groups excluding carboxylic acids is 1. The summed E-state index contributed by atoms with van der Waals surface area (Å²) in [6.07, 6.45) is 2.74. The molecule has 1 unspecified atom stereocenters. The fraction of sp³-hybridized carbons (Fsp3) is 0.818. The van der Waals surface area contributed by atoms with Crippen LogP contribution in [0.1, 0.15) is 33.6 Å². The first-order valence-corrected chi connectivity index (χ1v) is 6.99. The number of carboxylic acids is 1. The van der Waals surface area contributed by atoms with Gasteiger partial charge in [-0.1, -0.05) is 6.92 Å². The molecule has 0 saturated carbocycles. The minimum atomic E-state index is -0.925. The second kappa shape index (κ2) is 7.42. The van der Waals surface area contributed by atoms with Crippen LogP contribution in [0.4, 0.5) is 4.79 Å². The Hall–Kier alpha value is -0.910. The van der Waals surface area contributed by atoms with Crippen molar-refractivity contribution < 1.29 is 14.7 Å². The molecule has 17 heavy (non-hydrogen) atoms. The average Bonchev–Trinajstić information content (AvgIpc) is 2.13. The van der Waals surface area contributed by atoms with Gasteiger partial charge in [-0.15, -0.1) is 0 Å². The van der Waals surface area contributed by atoms with E-state index in [2.05, 4.69) is 10.6 Å². The third-order valence-electron chi connectivity index (χ3n) is 2.24. The number of carboxylic acid groups (broad SMARTS) is 1. The molecule has 5 nitrogen and oxygen atoms in total. The number of hydrogen-bond donors (Lipinski definition) is 3.